The van der Waals surface area contributed by atoms with E-state index in [1.807, 2.05) is 13.8 Å². The van der Waals surface area contributed by atoms with Crippen molar-refractivity contribution in [1.82, 2.24) is 5.32 Å². The van der Waals surface area contributed by atoms with Crippen molar-refractivity contribution in [3.05, 3.63) is 24.3 Å². The molecule has 19 heavy (non-hydrogen) atoms. The van der Waals surface area contributed by atoms with Gasteiger partial charge in [-0.2, -0.15) is 0 Å². The zero-order chi connectivity index (χ0) is 14.5. The Morgan fingerprint density at radius 3 is 2.42 bits per heavy atom. The molecular formula is C14H22N2O3. The van der Waals surface area contributed by atoms with Gasteiger partial charge in [0.25, 0.3) is 0 Å². The summed E-state index contributed by atoms with van der Waals surface area (Å²) in [6.45, 7) is 5.52. The van der Waals surface area contributed by atoms with Gasteiger partial charge >= 0.3 is 0 Å². The summed E-state index contributed by atoms with van der Waals surface area (Å²) < 4.78 is 5.04. The molecule has 0 saturated heterocycles. The van der Waals surface area contributed by atoms with Crippen LogP contribution < -0.4 is 15.4 Å². The fraction of sp³-hybridized carbons (Fsp3) is 0.500. The topological polar surface area (TPSA) is 70.6 Å². The van der Waals surface area contributed by atoms with Crippen molar-refractivity contribution >= 4 is 11.6 Å². The Kier molecular flexibility index (Phi) is 5.32. The number of ether oxygens (including phenoxy) is 1. The number of anilines is 1. The number of rotatable bonds is 6. The number of hydrogen-bond donors (Lipinski definition) is 3. The van der Waals surface area contributed by atoms with Crippen LogP contribution in [-0.4, -0.2) is 36.3 Å². The van der Waals surface area contributed by atoms with Crippen LogP contribution >= 0.6 is 0 Å². The van der Waals surface area contributed by atoms with Crippen LogP contribution in [0.3, 0.4) is 0 Å². The van der Waals surface area contributed by atoms with Crippen molar-refractivity contribution in [1.29, 1.82) is 0 Å². The summed E-state index contributed by atoms with van der Waals surface area (Å²) in [6, 6.07) is 7.11. The van der Waals surface area contributed by atoms with E-state index in [0.717, 1.165) is 5.75 Å². The lowest BCUT2D eigenvalue weighted by atomic mass is 9.99. The maximum atomic E-state index is 11.7. The number of hydrogen-bond acceptors (Lipinski definition) is 4. The standard InChI is InChI=1S/C14H22N2O3/c1-10(17)14(2,3)15-9-13(18)16-11-5-7-12(19-4)8-6-11/h5-8,10,15,17H,9H2,1-4H3,(H,16,18). The molecule has 0 saturated carbocycles. The van der Waals surface area contributed by atoms with E-state index in [9.17, 15) is 9.90 Å². The SMILES string of the molecule is COc1ccc(NC(=O)CNC(C)(C)C(C)O)cc1. The Labute approximate surface area is 114 Å². The number of methoxy groups -OCH3 is 1. The Balaban J connectivity index is 2.47. The molecular weight excluding hydrogens is 244 g/mol. The highest BCUT2D eigenvalue weighted by atomic mass is 16.5. The Bertz CT molecular complexity index is 413. The Morgan fingerprint density at radius 1 is 1.37 bits per heavy atom. The molecule has 1 unspecified atom stereocenters. The minimum absolute atomic E-state index is 0.143. The lowest BCUT2D eigenvalue weighted by Gasteiger charge is -2.29. The van der Waals surface area contributed by atoms with Crippen molar-refractivity contribution in [2.45, 2.75) is 32.4 Å². The molecule has 0 spiro atoms. The third kappa shape index (κ3) is 4.89. The molecule has 5 heteroatoms. The highest BCUT2D eigenvalue weighted by molar-refractivity contribution is 5.92. The third-order valence-electron chi connectivity index (χ3n) is 3.12. The van der Waals surface area contributed by atoms with Crippen LogP contribution in [0.5, 0.6) is 5.75 Å². The molecule has 0 fully saturated rings. The molecule has 0 aliphatic rings. The van der Waals surface area contributed by atoms with Gasteiger partial charge < -0.3 is 20.5 Å². The fourth-order valence-electron chi connectivity index (χ4n) is 1.34. The normalized spacial score (nSPS) is 12.9. The number of aliphatic hydroxyl groups excluding tert-OH is 1. The van der Waals surface area contributed by atoms with Crippen LogP contribution in [-0.2, 0) is 4.79 Å². The van der Waals surface area contributed by atoms with E-state index < -0.39 is 11.6 Å². The lowest BCUT2D eigenvalue weighted by Crippen LogP contribution is -2.50. The molecule has 1 aromatic rings. The predicted molar refractivity (Wildman–Crippen MR) is 75.4 cm³/mol. The molecule has 3 N–H and O–H groups in total. The van der Waals surface area contributed by atoms with E-state index in [-0.39, 0.29) is 12.5 Å². The van der Waals surface area contributed by atoms with E-state index in [1.54, 1.807) is 38.3 Å². The summed E-state index contributed by atoms with van der Waals surface area (Å²) in [6.07, 6.45) is -0.540. The van der Waals surface area contributed by atoms with E-state index in [1.165, 1.54) is 0 Å². The maximum absolute atomic E-state index is 11.7. The monoisotopic (exact) mass is 266 g/mol. The van der Waals surface area contributed by atoms with Crippen LogP contribution in [0.1, 0.15) is 20.8 Å². The smallest absolute Gasteiger partial charge is 0.238 e. The van der Waals surface area contributed by atoms with Crippen molar-refractivity contribution in [2.75, 3.05) is 19.0 Å². The van der Waals surface area contributed by atoms with Gasteiger partial charge in [-0.05, 0) is 45.0 Å². The zero-order valence-corrected chi connectivity index (χ0v) is 11.9. The minimum Gasteiger partial charge on any atom is -0.497 e. The summed E-state index contributed by atoms with van der Waals surface area (Å²) >= 11 is 0. The number of aliphatic hydroxyl groups is 1. The molecule has 5 nitrogen and oxygen atoms in total. The van der Waals surface area contributed by atoms with Gasteiger partial charge in [0.15, 0.2) is 0 Å². The first-order chi connectivity index (χ1) is 8.85. The van der Waals surface area contributed by atoms with Crippen LogP contribution in [0.15, 0.2) is 24.3 Å². The largest absolute Gasteiger partial charge is 0.497 e. The van der Waals surface area contributed by atoms with Crippen LogP contribution in [0.2, 0.25) is 0 Å². The van der Waals surface area contributed by atoms with Gasteiger partial charge in [0.2, 0.25) is 5.91 Å². The Hall–Kier alpha value is -1.59. The summed E-state index contributed by atoms with van der Waals surface area (Å²) in [5.41, 5.74) is 0.208. The molecule has 106 valence electrons. The molecule has 0 heterocycles. The molecule has 1 atom stereocenters. The number of amides is 1. The van der Waals surface area contributed by atoms with Gasteiger partial charge in [-0.3, -0.25) is 4.79 Å². The van der Waals surface area contributed by atoms with Gasteiger partial charge in [-0.1, -0.05) is 0 Å². The average molecular weight is 266 g/mol. The maximum Gasteiger partial charge on any atom is 0.238 e. The van der Waals surface area contributed by atoms with Crippen molar-refractivity contribution in [2.24, 2.45) is 0 Å². The molecule has 0 bridgehead atoms. The van der Waals surface area contributed by atoms with Crippen LogP contribution in [0, 0.1) is 0 Å². The molecule has 0 aromatic heterocycles. The lowest BCUT2D eigenvalue weighted by molar-refractivity contribution is -0.115. The van der Waals surface area contributed by atoms with E-state index in [4.69, 9.17) is 4.74 Å². The van der Waals surface area contributed by atoms with Crippen molar-refractivity contribution < 1.29 is 14.6 Å². The second kappa shape index (κ2) is 6.54. The van der Waals surface area contributed by atoms with Gasteiger partial charge in [0, 0.05) is 11.2 Å². The van der Waals surface area contributed by atoms with E-state index >= 15 is 0 Å². The Morgan fingerprint density at radius 2 is 1.95 bits per heavy atom. The summed E-state index contributed by atoms with van der Waals surface area (Å²) in [5.74, 6) is 0.588. The average Bonchev–Trinajstić information content (AvgIpc) is 2.37. The van der Waals surface area contributed by atoms with Crippen LogP contribution in [0.4, 0.5) is 5.69 Å². The van der Waals surface area contributed by atoms with Crippen molar-refractivity contribution in [3.63, 3.8) is 0 Å². The second-order valence-electron chi connectivity index (χ2n) is 5.03. The second-order valence-corrected chi connectivity index (χ2v) is 5.03. The molecule has 0 aliphatic carbocycles. The van der Waals surface area contributed by atoms with Crippen molar-refractivity contribution in [3.8, 4) is 5.75 Å². The van der Waals surface area contributed by atoms with Gasteiger partial charge in [-0.15, -0.1) is 0 Å². The zero-order valence-electron chi connectivity index (χ0n) is 11.9. The summed E-state index contributed by atoms with van der Waals surface area (Å²) in [5, 5.41) is 15.3. The highest BCUT2D eigenvalue weighted by Gasteiger charge is 2.23. The third-order valence-corrected chi connectivity index (χ3v) is 3.12. The first-order valence-electron chi connectivity index (χ1n) is 6.22. The number of carbonyl (C=O) groups is 1. The van der Waals surface area contributed by atoms with E-state index in [2.05, 4.69) is 10.6 Å². The van der Waals surface area contributed by atoms with Gasteiger partial charge in [0.05, 0.1) is 19.8 Å². The summed E-state index contributed by atoms with van der Waals surface area (Å²) in [7, 11) is 1.59. The van der Waals surface area contributed by atoms with Gasteiger partial charge in [-0.25, -0.2) is 0 Å². The predicted octanol–water partition coefficient (Wildman–Crippen LogP) is 1.38. The first-order valence-corrected chi connectivity index (χ1v) is 6.22. The highest BCUT2D eigenvalue weighted by Crippen LogP contribution is 2.15. The molecule has 1 amide bonds. The molecule has 1 rings (SSSR count). The summed E-state index contributed by atoms with van der Waals surface area (Å²) in [4.78, 5) is 11.7. The fourth-order valence-corrected chi connectivity index (χ4v) is 1.34. The number of carbonyl (C=O) groups excluding carboxylic acids is 1. The minimum atomic E-state index is -0.540. The number of nitrogens with one attached hydrogen (secondary N) is 2. The first kappa shape index (κ1) is 15.5. The quantitative estimate of drug-likeness (QED) is 0.727. The van der Waals surface area contributed by atoms with Gasteiger partial charge in [0.1, 0.15) is 5.75 Å². The molecule has 0 aliphatic heterocycles. The molecule has 0 radical (unpaired) electrons. The number of benzene rings is 1. The van der Waals surface area contributed by atoms with E-state index in [0.29, 0.717) is 5.69 Å². The van der Waals surface area contributed by atoms with Crippen LogP contribution in [0.25, 0.3) is 0 Å². The molecule has 1 aromatic carbocycles.